The first-order valence-electron chi connectivity index (χ1n) is 5.98. The molecule has 0 radical (unpaired) electrons. The van der Waals surface area contributed by atoms with E-state index in [1.54, 1.807) is 6.92 Å². The van der Waals surface area contributed by atoms with Gasteiger partial charge in [0, 0.05) is 19.0 Å². The van der Waals surface area contributed by atoms with E-state index in [0.717, 1.165) is 11.4 Å². The molecule has 0 spiro atoms. The minimum atomic E-state index is -0.0861. The molecule has 2 rings (SSSR count). The van der Waals surface area contributed by atoms with Crippen LogP contribution in [0.3, 0.4) is 0 Å². The molecular formula is C14H20N2O. The Morgan fingerprint density at radius 2 is 2.00 bits per heavy atom. The normalized spacial score (nSPS) is 17.4. The van der Waals surface area contributed by atoms with Crippen LogP contribution in [0.5, 0.6) is 0 Å². The number of amides is 1. The van der Waals surface area contributed by atoms with Gasteiger partial charge in [-0.05, 0) is 44.9 Å². The van der Waals surface area contributed by atoms with Crippen molar-refractivity contribution < 1.29 is 4.79 Å². The summed E-state index contributed by atoms with van der Waals surface area (Å²) in [6.45, 7) is 10.8. The lowest BCUT2D eigenvalue weighted by Crippen LogP contribution is -2.50. The number of rotatable bonds is 0. The van der Waals surface area contributed by atoms with Gasteiger partial charge in [-0.3, -0.25) is 4.79 Å². The third-order valence-electron chi connectivity index (χ3n) is 3.40. The lowest BCUT2D eigenvalue weighted by Gasteiger charge is -2.41. The molecule has 0 bridgehead atoms. The van der Waals surface area contributed by atoms with Crippen molar-refractivity contribution >= 4 is 17.3 Å². The summed E-state index contributed by atoms with van der Waals surface area (Å²) in [6, 6.07) is 4.10. The second-order valence-corrected chi connectivity index (χ2v) is 5.52. The van der Waals surface area contributed by atoms with Crippen molar-refractivity contribution in [3.8, 4) is 0 Å². The topological polar surface area (TPSA) is 32.3 Å². The summed E-state index contributed by atoms with van der Waals surface area (Å²) in [5.74, 6) is 0.101. The molecule has 1 aliphatic rings. The average Bonchev–Trinajstić information content (AvgIpc) is 2.22. The van der Waals surface area contributed by atoms with Crippen LogP contribution in [-0.2, 0) is 4.79 Å². The minimum absolute atomic E-state index is 0.0861. The van der Waals surface area contributed by atoms with Crippen LogP contribution in [-0.4, -0.2) is 18.0 Å². The van der Waals surface area contributed by atoms with E-state index >= 15 is 0 Å². The number of carbonyl (C=O) groups excluding carboxylic acids is 1. The summed E-state index contributed by atoms with van der Waals surface area (Å²) < 4.78 is 0. The summed E-state index contributed by atoms with van der Waals surface area (Å²) in [6.07, 6.45) is 0. The number of nitrogens with zero attached hydrogens (tertiary/aromatic N) is 1. The fourth-order valence-electron chi connectivity index (χ4n) is 2.32. The fourth-order valence-corrected chi connectivity index (χ4v) is 2.32. The lowest BCUT2D eigenvalue weighted by molar-refractivity contribution is -0.116. The number of benzene rings is 1. The highest BCUT2D eigenvalue weighted by Gasteiger charge is 2.32. The average molecular weight is 232 g/mol. The highest BCUT2D eigenvalue weighted by Crippen LogP contribution is 2.38. The molecule has 1 N–H and O–H groups in total. The first-order chi connectivity index (χ1) is 7.82. The largest absolute Gasteiger partial charge is 0.376 e. The van der Waals surface area contributed by atoms with Gasteiger partial charge in [-0.2, -0.15) is 0 Å². The summed E-state index contributed by atoms with van der Waals surface area (Å²) in [7, 11) is 0. The molecule has 0 fully saturated rings. The van der Waals surface area contributed by atoms with Gasteiger partial charge >= 0.3 is 0 Å². The minimum Gasteiger partial charge on any atom is -0.376 e. The maximum Gasteiger partial charge on any atom is 0.224 e. The molecule has 1 heterocycles. The molecule has 0 aliphatic carbocycles. The van der Waals surface area contributed by atoms with Crippen LogP contribution in [0.15, 0.2) is 12.1 Å². The molecule has 3 nitrogen and oxygen atoms in total. The smallest absolute Gasteiger partial charge is 0.224 e. The van der Waals surface area contributed by atoms with Crippen molar-refractivity contribution in [2.24, 2.45) is 0 Å². The highest BCUT2D eigenvalue weighted by atomic mass is 16.2. The first kappa shape index (κ1) is 12.0. The molecule has 0 unspecified atom stereocenters. The van der Waals surface area contributed by atoms with Crippen LogP contribution in [0.4, 0.5) is 11.4 Å². The molecular weight excluding hydrogens is 212 g/mol. The van der Waals surface area contributed by atoms with Crippen molar-refractivity contribution in [1.82, 2.24) is 0 Å². The third-order valence-corrected chi connectivity index (χ3v) is 3.40. The Morgan fingerprint density at radius 3 is 2.59 bits per heavy atom. The molecule has 0 saturated carbocycles. The zero-order valence-corrected chi connectivity index (χ0v) is 11.2. The van der Waals surface area contributed by atoms with Crippen molar-refractivity contribution in [3.05, 3.63) is 23.3 Å². The van der Waals surface area contributed by atoms with E-state index in [2.05, 4.69) is 39.1 Å². The Labute approximate surface area is 103 Å². The maximum atomic E-state index is 11.7. The van der Waals surface area contributed by atoms with Crippen LogP contribution in [0.1, 0.15) is 31.9 Å². The Kier molecular flexibility index (Phi) is 2.64. The SMILES string of the molecule is CC(=O)N1CC(C)(C)Nc2c1ccc(C)c2C. The molecule has 0 aromatic heterocycles. The van der Waals surface area contributed by atoms with Crippen LogP contribution >= 0.6 is 0 Å². The van der Waals surface area contributed by atoms with Crippen molar-refractivity contribution in [1.29, 1.82) is 0 Å². The van der Waals surface area contributed by atoms with E-state index in [4.69, 9.17) is 0 Å². The van der Waals surface area contributed by atoms with Crippen molar-refractivity contribution in [2.75, 3.05) is 16.8 Å². The quantitative estimate of drug-likeness (QED) is 0.746. The molecule has 0 atom stereocenters. The zero-order chi connectivity index (χ0) is 12.8. The van der Waals surface area contributed by atoms with Crippen LogP contribution < -0.4 is 10.2 Å². The van der Waals surface area contributed by atoms with Crippen LogP contribution in [0.2, 0.25) is 0 Å². The molecule has 1 aromatic carbocycles. The van der Waals surface area contributed by atoms with Gasteiger partial charge < -0.3 is 10.2 Å². The van der Waals surface area contributed by atoms with Gasteiger partial charge in [0.1, 0.15) is 0 Å². The predicted molar refractivity (Wildman–Crippen MR) is 71.6 cm³/mol. The van der Waals surface area contributed by atoms with Gasteiger partial charge in [-0.15, -0.1) is 0 Å². The highest BCUT2D eigenvalue weighted by molar-refractivity contribution is 5.97. The number of hydrogen-bond acceptors (Lipinski definition) is 2. The molecule has 3 heteroatoms. The lowest BCUT2D eigenvalue weighted by atomic mass is 9.95. The van der Waals surface area contributed by atoms with Gasteiger partial charge in [0.05, 0.1) is 11.4 Å². The fraction of sp³-hybridized carbons (Fsp3) is 0.500. The summed E-state index contributed by atoms with van der Waals surface area (Å²) in [4.78, 5) is 13.6. The summed E-state index contributed by atoms with van der Waals surface area (Å²) in [5.41, 5.74) is 4.48. The summed E-state index contributed by atoms with van der Waals surface area (Å²) in [5, 5.41) is 3.54. The van der Waals surface area contributed by atoms with Crippen molar-refractivity contribution in [2.45, 2.75) is 40.2 Å². The maximum absolute atomic E-state index is 11.7. The molecule has 92 valence electrons. The van der Waals surface area contributed by atoms with Crippen LogP contribution in [0.25, 0.3) is 0 Å². The number of fused-ring (bicyclic) bond motifs is 1. The van der Waals surface area contributed by atoms with Gasteiger partial charge in [0.25, 0.3) is 0 Å². The second-order valence-electron chi connectivity index (χ2n) is 5.52. The number of nitrogens with one attached hydrogen (secondary N) is 1. The second kappa shape index (κ2) is 3.76. The first-order valence-corrected chi connectivity index (χ1v) is 5.98. The Hall–Kier alpha value is -1.51. The predicted octanol–water partition coefficient (Wildman–Crippen LogP) is 2.86. The number of hydrogen-bond donors (Lipinski definition) is 1. The monoisotopic (exact) mass is 232 g/mol. The molecule has 1 aliphatic heterocycles. The molecule has 1 aromatic rings. The Morgan fingerprint density at radius 1 is 1.35 bits per heavy atom. The summed E-state index contributed by atoms with van der Waals surface area (Å²) >= 11 is 0. The van der Waals surface area contributed by atoms with Gasteiger partial charge in [0.15, 0.2) is 0 Å². The van der Waals surface area contributed by atoms with Gasteiger partial charge in [-0.25, -0.2) is 0 Å². The number of anilines is 2. The van der Waals surface area contributed by atoms with E-state index in [0.29, 0.717) is 6.54 Å². The van der Waals surface area contributed by atoms with Gasteiger partial charge in [0.2, 0.25) is 5.91 Å². The Balaban J connectivity index is 2.60. The van der Waals surface area contributed by atoms with E-state index in [1.807, 2.05) is 11.0 Å². The van der Waals surface area contributed by atoms with E-state index < -0.39 is 0 Å². The van der Waals surface area contributed by atoms with E-state index in [1.165, 1.54) is 11.1 Å². The van der Waals surface area contributed by atoms with E-state index in [9.17, 15) is 4.79 Å². The van der Waals surface area contributed by atoms with Crippen LogP contribution in [0, 0.1) is 13.8 Å². The molecule has 0 saturated heterocycles. The number of aryl methyl sites for hydroxylation is 1. The standard InChI is InChI=1S/C14H20N2O/c1-9-6-7-12-13(10(9)2)15-14(4,5)8-16(12)11(3)17/h6-7,15H,8H2,1-5H3. The Bertz CT molecular complexity index is 477. The van der Waals surface area contributed by atoms with E-state index in [-0.39, 0.29) is 11.4 Å². The number of carbonyl (C=O) groups is 1. The van der Waals surface area contributed by atoms with Gasteiger partial charge in [-0.1, -0.05) is 6.07 Å². The third kappa shape index (κ3) is 2.02. The molecule has 1 amide bonds. The van der Waals surface area contributed by atoms with Crippen molar-refractivity contribution in [3.63, 3.8) is 0 Å². The molecule has 17 heavy (non-hydrogen) atoms. The zero-order valence-electron chi connectivity index (χ0n) is 11.2.